The third-order valence-corrected chi connectivity index (χ3v) is 3.63. The quantitative estimate of drug-likeness (QED) is 0.790. The minimum Gasteiger partial charge on any atom is -0.467 e. The molecule has 0 aromatic carbocycles. The van der Waals surface area contributed by atoms with Crippen LogP contribution in [0.4, 0.5) is 11.6 Å². The van der Waals surface area contributed by atoms with Crippen molar-refractivity contribution in [1.82, 2.24) is 4.98 Å². The first-order chi connectivity index (χ1) is 10.2. The maximum atomic E-state index is 6.30. The second kappa shape index (κ2) is 7.57. The lowest BCUT2D eigenvalue weighted by molar-refractivity contribution is 0.503. The molecule has 0 spiro atoms. The Hall–Kier alpha value is -1.39. The van der Waals surface area contributed by atoms with Crippen LogP contribution >= 0.6 is 23.2 Å². The summed E-state index contributed by atoms with van der Waals surface area (Å²) in [5.41, 5.74) is 0. The lowest BCUT2D eigenvalue weighted by Crippen LogP contribution is -2.23. The minimum absolute atomic E-state index is 0.534. The summed E-state index contributed by atoms with van der Waals surface area (Å²) in [6.07, 6.45) is 2.66. The van der Waals surface area contributed by atoms with Gasteiger partial charge < -0.3 is 14.6 Å². The van der Waals surface area contributed by atoms with Crippen LogP contribution in [0.5, 0.6) is 0 Å². The highest BCUT2D eigenvalue weighted by molar-refractivity contribution is 6.37. The summed E-state index contributed by atoms with van der Waals surface area (Å²) in [5, 5.41) is 4.29. The van der Waals surface area contributed by atoms with Gasteiger partial charge in [0.1, 0.15) is 17.4 Å². The van der Waals surface area contributed by atoms with Crippen molar-refractivity contribution in [2.24, 2.45) is 0 Å². The van der Waals surface area contributed by atoms with Crippen molar-refractivity contribution in [3.05, 3.63) is 40.3 Å². The minimum atomic E-state index is 0.534. The highest BCUT2D eigenvalue weighted by Crippen LogP contribution is 2.32. The molecule has 6 heteroatoms. The van der Waals surface area contributed by atoms with E-state index in [2.05, 4.69) is 29.0 Å². The molecule has 2 aromatic rings. The van der Waals surface area contributed by atoms with Crippen molar-refractivity contribution in [2.75, 3.05) is 23.3 Å². The van der Waals surface area contributed by atoms with E-state index in [4.69, 9.17) is 27.6 Å². The second-order valence-corrected chi connectivity index (χ2v) is 5.46. The van der Waals surface area contributed by atoms with Gasteiger partial charge in [0.15, 0.2) is 0 Å². The molecule has 0 radical (unpaired) electrons. The van der Waals surface area contributed by atoms with E-state index in [0.717, 1.165) is 25.3 Å². The molecule has 21 heavy (non-hydrogen) atoms. The van der Waals surface area contributed by atoms with Gasteiger partial charge in [-0.2, -0.15) is 0 Å². The number of pyridine rings is 1. The van der Waals surface area contributed by atoms with Gasteiger partial charge in [-0.15, -0.1) is 0 Å². The summed E-state index contributed by atoms with van der Waals surface area (Å²) >= 11 is 12.5. The van der Waals surface area contributed by atoms with Crippen molar-refractivity contribution in [2.45, 2.75) is 26.8 Å². The van der Waals surface area contributed by atoms with Crippen LogP contribution in [0.1, 0.15) is 26.0 Å². The molecule has 0 atom stereocenters. The van der Waals surface area contributed by atoms with Gasteiger partial charge in [0.05, 0.1) is 22.9 Å². The largest absolute Gasteiger partial charge is 0.467 e. The molecule has 1 N–H and O–H groups in total. The van der Waals surface area contributed by atoms with Crippen LogP contribution in [0, 0.1) is 0 Å². The maximum Gasteiger partial charge on any atom is 0.150 e. The lowest BCUT2D eigenvalue weighted by Gasteiger charge is -2.23. The topological polar surface area (TPSA) is 41.3 Å². The molecule has 0 amide bonds. The number of anilines is 2. The number of rotatable bonds is 7. The molecule has 0 aliphatic heterocycles. The summed E-state index contributed by atoms with van der Waals surface area (Å²) in [7, 11) is 0. The summed E-state index contributed by atoms with van der Waals surface area (Å²) in [6, 6.07) is 5.53. The number of nitrogens with zero attached hydrogens (tertiary/aromatic N) is 2. The first-order valence-corrected chi connectivity index (χ1v) is 7.78. The molecule has 0 bridgehead atoms. The molecule has 2 aromatic heterocycles. The van der Waals surface area contributed by atoms with Crippen molar-refractivity contribution in [1.29, 1.82) is 0 Å². The molecular weight excluding hydrogens is 309 g/mol. The number of furan rings is 1. The third kappa shape index (κ3) is 4.05. The summed E-state index contributed by atoms with van der Waals surface area (Å²) in [4.78, 5) is 6.62. The number of halogens is 2. The van der Waals surface area contributed by atoms with Crippen molar-refractivity contribution in [3.8, 4) is 0 Å². The molecule has 2 rings (SSSR count). The van der Waals surface area contributed by atoms with Crippen LogP contribution in [0.3, 0.4) is 0 Å². The zero-order valence-corrected chi connectivity index (χ0v) is 13.7. The van der Waals surface area contributed by atoms with Gasteiger partial charge in [0, 0.05) is 13.1 Å². The molecule has 2 heterocycles. The Balaban J connectivity index is 2.26. The van der Waals surface area contributed by atoms with E-state index < -0.39 is 0 Å². The highest BCUT2D eigenvalue weighted by Gasteiger charge is 2.15. The third-order valence-electron chi connectivity index (χ3n) is 3.06. The summed E-state index contributed by atoms with van der Waals surface area (Å²) in [5.74, 6) is 2.24. The van der Waals surface area contributed by atoms with Crippen LogP contribution in [0.15, 0.2) is 28.9 Å². The van der Waals surface area contributed by atoms with Gasteiger partial charge in [0.2, 0.25) is 0 Å². The Morgan fingerprint density at radius 2 is 2.10 bits per heavy atom. The normalized spacial score (nSPS) is 10.7. The van der Waals surface area contributed by atoms with E-state index in [9.17, 15) is 0 Å². The summed E-state index contributed by atoms with van der Waals surface area (Å²) in [6.45, 7) is 6.34. The highest BCUT2D eigenvalue weighted by atomic mass is 35.5. The van der Waals surface area contributed by atoms with E-state index >= 15 is 0 Å². The van der Waals surface area contributed by atoms with Gasteiger partial charge in [-0.3, -0.25) is 0 Å². The van der Waals surface area contributed by atoms with Crippen LogP contribution in [0.25, 0.3) is 0 Å². The summed E-state index contributed by atoms with van der Waals surface area (Å²) < 4.78 is 5.39. The van der Waals surface area contributed by atoms with E-state index in [1.165, 1.54) is 0 Å². The Morgan fingerprint density at radius 3 is 2.71 bits per heavy atom. The fraction of sp³-hybridized carbons (Fsp3) is 0.400. The molecule has 0 unspecified atom stereocenters. The molecule has 0 aliphatic carbocycles. The fourth-order valence-electron chi connectivity index (χ4n) is 1.97. The Morgan fingerprint density at radius 1 is 1.29 bits per heavy atom. The van der Waals surface area contributed by atoms with Crippen LogP contribution in [-0.2, 0) is 6.54 Å². The molecule has 0 saturated carbocycles. The van der Waals surface area contributed by atoms with Gasteiger partial charge in [-0.05, 0) is 31.5 Å². The average Bonchev–Trinajstić information content (AvgIpc) is 2.97. The lowest BCUT2D eigenvalue weighted by atomic mass is 10.3. The van der Waals surface area contributed by atoms with Crippen LogP contribution < -0.4 is 10.2 Å². The van der Waals surface area contributed by atoms with E-state index in [0.29, 0.717) is 28.2 Å². The first-order valence-electron chi connectivity index (χ1n) is 7.03. The van der Waals surface area contributed by atoms with E-state index in [1.54, 1.807) is 12.3 Å². The van der Waals surface area contributed by atoms with Crippen molar-refractivity contribution in [3.63, 3.8) is 0 Å². The van der Waals surface area contributed by atoms with E-state index in [1.807, 2.05) is 12.1 Å². The zero-order valence-electron chi connectivity index (χ0n) is 12.2. The van der Waals surface area contributed by atoms with Crippen LogP contribution in [-0.4, -0.2) is 18.1 Å². The number of hydrogen-bond acceptors (Lipinski definition) is 4. The SMILES string of the molecule is CCCNc1nc(N(CC)Cc2ccco2)c(Cl)cc1Cl. The Labute approximate surface area is 135 Å². The molecule has 0 saturated heterocycles. The number of aromatic nitrogens is 1. The first kappa shape index (κ1) is 16.0. The maximum absolute atomic E-state index is 6.30. The van der Waals surface area contributed by atoms with Gasteiger partial charge >= 0.3 is 0 Å². The number of nitrogens with one attached hydrogen (secondary N) is 1. The predicted octanol–water partition coefficient (Wildman–Crippen LogP) is 4.83. The van der Waals surface area contributed by atoms with Gasteiger partial charge in [-0.1, -0.05) is 30.1 Å². The molecule has 0 fully saturated rings. The predicted molar refractivity (Wildman–Crippen MR) is 88.5 cm³/mol. The van der Waals surface area contributed by atoms with Crippen molar-refractivity contribution >= 4 is 34.8 Å². The average molecular weight is 328 g/mol. The fourth-order valence-corrected chi connectivity index (χ4v) is 2.52. The molecule has 114 valence electrons. The van der Waals surface area contributed by atoms with Crippen molar-refractivity contribution < 1.29 is 4.42 Å². The smallest absolute Gasteiger partial charge is 0.150 e. The standard InChI is InChI=1S/C15H19Cl2N3O/c1-3-7-18-14-12(16)9-13(17)15(19-14)20(4-2)10-11-6-5-8-21-11/h5-6,8-9H,3-4,7,10H2,1-2H3,(H,18,19). The molecule has 4 nitrogen and oxygen atoms in total. The Bertz CT molecular complexity index is 573. The van der Waals surface area contributed by atoms with Gasteiger partial charge in [-0.25, -0.2) is 4.98 Å². The monoisotopic (exact) mass is 327 g/mol. The van der Waals surface area contributed by atoms with E-state index in [-0.39, 0.29) is 0 Å². The van der Waals surface area contributed by atoms with Gasteiger partial charge in [0.25, 0.3) is 0 Å². The van der Waals surface area contributed by atoms with Crippen LogP contribution in [0.2, 0.25) is 10.0 Å². The molecule has 0 aliphatic rings. The zero-order chi connectivity index (χ0) is 15.2. The molecular formula is C15H19Cl2N3O. The number of hydrogen-bond donors (Lipinski definition) is 1. The second-order valence-electron chi connectivity index (χ2n) is 4.64. The Kier molecular flexibility index (Phi) is 5.76.